The number of hydrogen-bond acceptors (Lipinski definition) is 2. The van der Waals surface area contributed by atoms with Crippen LogP contribution in [0.5, 0.6) is 11.5 Å². The second-order valence-corrected chi connectivity index (χ2v) is 14.3. The van der Waals surface area contributed by atoms with Gasteiger partial charge in [-0.3, -0.25) is 4.57 Å². The van der Waals surface area contributed by atoms with E-state index in [0.29, 0.717) is 0 Å². The highest BCUT2D eigenvalue weighted by Crippen LogP contribution is 2.37. The molecule has 0 aliphatic heterocycles. The Morgan fingerprint density at radius 1 is 0.689 bits per heavy atom. The molecule has 4 aromatic carbocycles. The third-order valence-electron chi connectivity index (χ3n) is 8.98. The molecule has 0 fully saturated rings. The average Bonchev–Trinajstić information content (AvgIpc) is 3.54. The fraction of sp³-hybridized carbons (Fsp3) is 0.250. The number of ether oxygens (including phenoxy) is 1. The first-order valence-electron chi connectivity index (χ1n) is 15.7. The summed E-state index contributed by atoms with van der Waals surface area (Å²) in [5, 5.41) is 2.37. The van der Waals surface area contributed by atoms with Crippen molar-refractivity contribution in [2.75, 3.05) is 0 Å². The van der Waals surface area contributed by atoms with Crippen molar-refractivity contribution in [3.8, 4) is 23.0 Å². The molecule has 0 spiro atoms. The predicted molar refractivity (Wildman–Crippen MR) is 185 cm³/mol. The molecular weight excluding hydrogens is 552 g/mol. The van der Waals surface area contributed by atoms with Gasteiger partial charge in [0.15, 0.2) is 11.0 Å². The molecule has 3 heterocycles. The van der Waals surface area contributed by atoms with Crippen molar-refractivity contribution in [3.63, 3.8) is 0 Å². The Kier molecular flexibility index (Phi) is 6.63. The topological polar surface area (TPSA) is 46.7 Å². The first kappa shape index (κ1) is 28.8. The van der Waals surface area contributed by atoms with E-state index in [-0.39, 0.29) is 10.8 Å². The Morgan fingerprint density at radius 2 is 1.42 bits per heavy atom. The van der Waals surface area contributed by atoms with Gasteiger partial charge >= 0.3 is 0 Å². The molecule has 0 atom stereocenters. The number of pyridine rings is 1. The molecule has 0 saturated carbocycles. The molecule has 45 heavy (non-hydrogen) atoms. The molecule has 226 valence electrons. The fourth-order valence-electron chi connectivity index (χ4n) is 6.15. The minimum Gasteiger partial charge on any atom is -0.457 e. The summed E-state index contributed by atoms with van der Waals surface area (Å²) in [7, 11) is 0. The lowest BCUT2D eigenvalue weighted by Gasteiger charge is -2.21. The number of rotatable bonds is 4. The van der Waals surface area contributed by atoms with Gasteiger partial charge in [-0.05, 0) is 102 Å². The lowest BCUT2D eigenvalue weighted by atomic mass is 9.86. The van der Waals surface area contributed by atoms with E-state index in [1.807, 2.05) is 12.5 Å². The van der Waals surface area contributed by atoms with Gasteiger partial charge in [-0.1, -0.05) is 59.7 Å². The highest BCUT2D eigenvalue weighted by molar-refractivity contribution is 6.09. The van der Waals surface area contributed by atoms with Crippen LogP contribution < -0.4 is 9.30 Å². The van der Waals surface area contributed by atoms with Crippen molar-refractivity contribution < 1.29 is 9.30 Å². The average molecular weight is 594 g/mol. The summed E-state index contributed by atoms with van der Waals surface area (Å²) >= 11 is 0. The Bertz CT molecular complexity index is 2240. The monoisotopic (exact) mass is 593 g/mol. The molecule has 0 aliphatic carbocycles. The number of aryl methyl sites for hydroxylation is 2. The molecular formula is C40H41N4O+. The number of aromatic nitrogens is 4. The second-order valence-electron chi connectivity index (χ2n) is 14.3. The summed E-state index contributed by atoms with van der Waals surface area (Å²) in [6.45, 7) is 17.8. The number of para-hydroxylation sites is 1. The van der Waals surface area contributed by atoms with Crippen LogP contribution in [0.3, 0.4) is 0 Å². The van der Waals surface area contributed by atoms with Gasteiger partial charge < -0.3 is 4.74 Å². The first-order chi connectivity index (χ1) is 21.4. The standard InChI is InChI=1S/C40H40N4O/c1-25-17-34-37(18-26(25)2)43(24-42-34)29-19-28(40(6,7)8)20-31(22-29)45-30-13-14-33-32-11-9-10-12-35(32)44(36(33)23-30)38-21-27(15-16-41-38)39(3,4)5/h9-24H,1-8H3/p+1. The third kappa shape index (κ3) is 5.16. The van der Waals surface area contributed by atoms with Crippen molar-refractivity contribution >= 4 is 32.8 Å². The summed E-state index contributed by atoms with van der Waals surface area (Å²) in [6, 6.07) is 30.3. The largest absolute Gasteiger partial charge is 0.457 e. The molecule has 0 radical (unpaired) electrons. The number of hydrogen-bond donors (Lipinski definition) is 1. The minimum absolute atomic E-state index is 0.0147. The molecule has 0 saturated heterocycles. The van der Waals surface area contributed by atoms with Gasteiger partial charge in [0.2, 0.25) is 6.33 Å². The molecule has 0 amide bonds. The first-order valence-corrected chi connectivity index (χ1v) is 15.7. The summed E-state index contributed by atoms with van der Waals surface area (Å²) < 4.78 is 11.2. The number of nitrogens with one attached hydrogen (secondary N) is 1. The Hall–Kier alpha value is -4.90. The highest BCUT2D eigenvalue weighted by Gasteiger charge is 2.22. The zero-order valence-corrected chi connectivity index (χ0v) is 27.5. The Morgan fingerprint density at radius 3 is 2.20 bits per heavy atom. The van der Waals surface area contributed by atoms with Gasteiger partial charge in [-0.15, -0.1) is 0 Å². The number of imidazole rings is 1. The van der Waals surface area contributed by atoms with Crippen LogP contribution in [0, 0.1) is 13.8 Å². The maximum atomic E-state index is 6.72. The lowest BCUT2D eigenvalue weighted by molar-refractivity contribution is -0.567. The van der Waals surface area contributed by atoms with Gasteiger partial charge in [0, 0.05) is 29.1 Å². The quantitative estimate of drug-likeness (QED) is 0.207. The molecule has 0 bridgehead atoms. The Labute approximate surface area is 265 Å². The SMILES string of the molecule is Cc1cc2[nH]c[n+](-c3cc(Oc4ccc5c6ccccc6n(-c6cc(C(C)(C)C)ccn6)c5c4)cc(C(C)(C)C)c3)c2cc1C. The van der Waals surface area contributed by atoms with Gasteiger partial charge in [0.05, 0.1) is 11.0 Å². The Balaban J connectivity index is 1.37. The van der Waals surface area contributed by atoms with Crippen LogP contribution in [0.25, 0.3) is 44.3 Å². The minimum atomic E-state index is -0.0621. The van der Waals surface area contributed by atoms with Crippen LogP contribution in [-0.2, 0) is 10.8 Å². The van der Waals surface area contributed by atoms with Crippen LogP contribution in [-0.4, -0.2) is 14.5 Å². The van der Waals surface area contributed by atoms with Crippen LogP contribution in [0.2, 0.25) is 0 Å². The van der Waals surface area contributed by atoms with Gasteiger partial charge in [0.25, 0.3) is 0 Å². The molecule has 3 aromatic heterocycles. The zero-order chi connectivity index (χ0) is 31.7. The van der Waals surface area contributed by atoms with E-state index in [0.717, 1.165) is 45.1 Å². The normalized spacial score (nSPS) is 12.4. The predicted octanol–water partition coefficient (Wildman–Crippen LogP) is 9.94. The molecule has 5 heteroatoms. The fourth-order valence-corrected chi connectivity index (χ4v) is 6.15. The second kappa shape index (κ2) is 10.3. The van der Waals surface area contributed by atoms with Crippen molar-refractivity contribution in [1.29, 1.82) is 0 Å². The van der Waals surface area contributed by atoms with Gasteiger partial charge in [-0.2, -0.15) is 4.57 Å². The van der Waals surface area contributed by atoms with Crippen LogP contribution >= 0.6 is 0 Å². The van der Waals surface area contributed by atoms with Crippen LogP contribution in [0.15, 0.2) is 97.5 Å². The van der Waals surface area contributed by atoms with Crippen LogP contribution in [0.4, 0.5) is 0 Å². The van der Waals surface area contributed by atoms with E-state index < -0.39 is 0 Å². The highest BCUT2D eigenvalue weighted by atomic mass is 16.5. The van der Waals surface area contributed by atoms with E-state index >= 15 is 0 Å². The number of fused-ring (bicyclic) bond motifs is 4. The molecule has 0 aliphatic rings. The van der Waals surface area contributed by atoms with E-state index in [9.17, 15) is 0 Å². The van der Waals surface area contributed by atoms with Crippen molar-refractivity contribution in [2.24, 2.45) is 0 Å². The van der Waals surface area contributed by atoms with Gasteiger partial charge in [0.1, 0.15) is 23.0 Å². The maximum absolute atomic E-state index is 6.72. The smallest absolute Gasteiger partial charge is 0.247 e. The van der Waals surface area contributed by atoms with Crippen molar-refractivity contribution in [3.05, 3.63) is 120 Å². The molecule has 5 nitrogen and oxygen atoms in total. The third-order valence-corrected chi connectivity index (χ3v) is 8.98. The summed E-state index contributed by atoms with van der Waals surface area (Å²) in [6.07, 6.45) is 3.96. The van der Waals surface area contributed by atoms with E-state index in [1.54, 1.807) is 0 Å². The maximum Gasteiger partial charge on any atom is 0.247 e. The zero-order valence-electron chi connectivity index (χ0n) is 27.5. The van der Waals surface area contributed by atoms with E-state index in [1.165, 1.54) is 33.0 Å². The van der Waals surface area contributed by atoms with Gasteiger partial charge in [-0.25, -0.2) is 9.97 Å². The molecule has 7 aromatic rings. The number of H-pyrrole nitrogens is 1. The summed E-state index contributed by atoms with van der Waals surface area (Å²) in [5.41, 5.74) is 10.5. The molecule has 1 N–H and O–H groups in total. The van der Waals surface area contributed by atoms with E-state index in [4.69, 9.17) is 9.72 Å². The summed E-state index contributed by atoms with van der Waals surface area (Å²) in [4.78, 5) is 8.30. The summed E-state index contributed by atoms with van der Waals surface area (Å²) in [5.74, 6) is 2.49. The lowest BCUT2D eigenvalue weighted by Crippen LogP contribution is -2.29. The molecule has 7 rings (SSSR count). The number of aromatic amines is 1. The van der Waals surface area contributed by atoms with Crippen molar-refractivity contribution in [2.45, 2.75) is 66.2 Å². The van der Waals surface area contributed by atoms with Crippen molar-refractivity contribution in [1.82, 2.24) is 14.5 Å². The number of benzene rings is 4. The van der Waals surface area contributed by atoms with Crippen LogP contribution in [0.1, 0.15) is 63.8 Å². The molecule has 0 unspecified atom stereocenters. The number of nitrogens with zero attached hydrogens (tertiary/aromatic N) is 3. The van der Waals surface area contributed by atoms with E-state index in [2.05, 4.69) is 154 Å².